The first kappa shape index (κ1) is 15.3. The summed E-state index contributed by atoms with van der Waals surface area (Å²) in [5.74, 6) is -4.49. The van der Waals surface area contributed by atoms with Crippen molar-refractivity contribution in [2.45, 2.75) is 17.7 Å². The molecule has 0 spiro atoms. The number of carbonyl (C=O) groups is 3. The number of hydroxylamine groups is 4. The molecule has 0 bridgehead atoms. The average molecular weight is 314 g/mol. The summed E-state index contributed by atoms with van der Waals surface area (Å²) >= 11 is 0. The fourth-order valence-electron chi connectivity index (χ4n) is 1.80. The topological polar surface area (TPSA) is 115 Å². The van der Waals surface area contributed by atoms with Crippen molar-refractivity contribution in [3.8, 4) is 0 Å². The molecular formula is C12H12NO7S+. The molecule has 1 saturated heterocycles. The molecule has 1 aromatic carbocycles. The highest BCUT2D eigenvalue weighted by atomic mass is 32.2. The number of rotatable bonds is 4. The van der Waals surface area contributed by atoms with Crippen molar-refractivity contribution < 1.29 is 37.7 Å². The molecule has 1 aliphatic rings. The maximum atomic E-state index is 11.9. The zero-order valence-electron chi connectivity index (χ0n) is 10.8. The van der Waals surface area contributed by atoms with Gasteiger partial charge in [-0.25, -0.2) is 27.6 Å². The van der Waals surface area contributed by atoms with Gasteiger partial charge in [-0.1, -0.05) is 18.2 Å². The van der Waals surface area contributed by atoms with Gasteiger partial charge in [0.05, 0.1) is 17.7 Å². The lowest BCUT2D eigenvalue weighted by Crippen LogP contribution is -2.51. The molecule has 2 amide bonds. The van der Waals surface area contributed by atoms with Crippen molar-refractivity contribution in [3.05, 3.63) is 30.3 Å². The van der Waals surface area contributed by atoms with Crippen molar-refractivity contribution >= 4 is 27.6 Å². The first-order valence-corrected chi connectivity index (χ1v) is 7.60. The molecule has 0 unspecified atom stereocenters. The molecule has 0 radical (unpaired) electrons. The summed E-state index contributed by atoms with van der Waals surface area (Å²) in [7, 11) is -3.98. The molecule has 1 aromatic rings. The van der Waals surface area contributed by atoms with Gasteiger partial charge in [0.1, 0.15) is 4.81 Å². The lowest BCUT2D eigenvalue weighted by molar-refractivity contribution is -1.12. The molecular weight excluding hydrogens is 302 g/mol. The van der Waals surface area contributed by atoms with Crippen molar-refractivity contribution in [1.29, 1.82) is 0 Å². The Morgan fingerprint density at radius 3 is 2.19 bits per heavy atom. The summed E-state index contributed by atoms with van der Waals surface area (Å²) in [6.45, 7) is 0. The van der Waals surface area contributed by atoms with Crippen LogP contribution in [0.5, 0.6) is 0 Å². The maximum Gasteiger partial charge on any atom is 0.397 e. The largest absolute Gasteiger partial charge is 0.397 e. The van der Waals surface area contributed by atoms with E-state index in [-0.39, 0.29) is 17.7 Å². The van der Waals surface area contributed by atoms with E-state index in [1.54, 1.807) is 6.07 Å². The first-order chi connectivity index (χ1) is 9.75. The summed E-state index contributed by atoms with van der Waals surface area (Å²) in [6.07, 6.45) is -0.540. The standard InChI is InChI=1S/C12H12NO7S/c14-10-6-7-11(15)13(10,17)20-12(16)8-21(18,19)9-4-2-1-3-5-9/h1-5,17H,6-8H2/q+1. The summed E-state index contributed by atoms with van der Waals surface area (Å²) in [5.41, 5.74) is 0. The average Bonchev–Trinajstić information content (AvgIpc) is 2.66. The SMILES string of the molecule is O=C(CS(=O)(=O)c1ccccc1)O[N+]1(O)C(=O)CCC1=O. The summed E-state index contributed by atoms with van der Waals surface area (Å²) in [5, 5.41) is 9.67. The highest BCUT2D eigenvalue weighted by molar-refractivity contribution is 7.92. The van der Waals surface area contributed by atoms with E-state index in [2.05, 4.69) is 4.84 Å². The number of hydrogen-bond donors (Lipinski definition) is 1. The van der Waals surface area contributed by atoms with E-state index in [1.807, 2.05) is 0 Å². The zero-order valence-corrected chi connectivity index (χ0v) is 11.6. The van der Waals surface area contributed by atoms with Gasteiger partial charge in [0, 0.05) is 0 Å². The van der Waals surface area contributed by atoms with Crippen LogP contribution in [0, 0.1) is 0 Å². The molecule has 2 rings (SSSR count). The minimum Gasteiger partial charge on any atom is -0.244 e. The minimum absolute atomic E-state index is 0.106. The van der Waals surface area contributed by atoms with Gasteiger partial charge in [0.2, 0.25) is 0 Å². The molecule has 9 heteroatoms. The van der Waals surface area contributed by atoms with Gasteiger partial charge in [-0.15, -0.1) is 0 Å². The Hall–Kier alpha value is -2.10. The van der Waals surface area contributed by atoms with Gasteiger partial charge < -0.3 is 0 Å². The van der Waals surface area contributed by atoms with Crippen LogP contribution in [-0.4, -0.2) is 42.0 Å². The fraction of sp³-hybridized carbons (Fsp3) is 0.250. The van der Waals surface area contributed by atoms with Gasteiger partial charge in [0.25, 0.3) is 0 Å². The Labute approximate surface area is 120 Å². The second-order valence-corrected chi connectivity index (χ2v) is 6.39. The van der Waals surface area contributed by atoms with Crippen molar-refractivity contribution in [2.75, 3.05) is 5.75 Å². The van der Waals surface area contributed by atoms with E-state index in [1.165, 1.54) is 24.3 Å². The van der Waals surface area contributed by atoms with E-state index in [9.17, 15) is 28.0 Å². The van der Waals surface area contributed by atoms with Crippen molar-refractivity contribution in [3.63, 3.8) is 0 Å². The number of imide groups is 1. The van der Waals surface area contributed by atoms with Gasteiger partial charge in [-0.05, 0) is 12.1 Å². The van der Waals surface area contributed by atoms with Gasteiger partial charge >= 0.3 is 17.8 Å². The highest BCUT2D eigenvalue weighted by Crippen LogP contribution is 2.21. The zero-order chi connectivity index (χ0) is 15.7. The van der Waals surface area contributed by atoms with E-state index in [0.717, 1.165) is 0 Å². The van der Waals surface area contributed by atoms with Crippen LogP contribution < -0.4 is 0 Å². The van der Waals surface area contributed by atoms with Crippen LogP contribution >= 0.6 is 0 Å². The Morgan fingerprint density at radius 1 is 1.14 bits per heavy atom. The predicted octanol–water partition coefficient (Wildman–Crippen LogP) is -0.0285. The van der Waals surface area contributed by atoms with Crippen LogP contribution in [-0.2, 0) is 29.1 Å². The molecule has 1 fully saturated rings. The van der Waals surface area contributed by atoms with Gasteiger partial charge in [0.15, 0.2) is 15.6 Å². The number of hydrogen-bond acceptors (Lipinski definition) is 7. The van der Waals surface area contributed by atoms with Crippen LogP contribution in [0.15, 0.2) is 35.2 Å². The molecule has 8 nitrogen and oxygen atoms in total. The van der Waals surface area contributed by atoms with Crippen molar-refractivity contribution in [1.82, 2.24) is 0 Å². The third-order valence-corrected chi connectivity index (χ3v) is 4.48. The summed E-state index contributed by atoms with van der Waals surface area (Å²) in [4.78, 5) is 36.4. The highest BCUT2D eigenvalue weighted by Gasteiger charge is 2.55. The van der Waals surface area contributed by atoms with E-state index in [0.29, 0.717) is 0 Å². The fourth-order valence-corrected chi connectivity index (χ4v) is 2.90. The number of benzene rings is 1. The summed E-state index contributed by atoms with van der Waals surface area (Å²) < 4.78 is 23.8. The second-order valence-electron chi connectivity index (χ2n) is 4.40. The van der Waals surface area contributed by atoms with Crippen molar-refractivity contribution in [2.24, 2.45) is 0 Å². The minimum atomic E-state index is -3.98. The maximum absolute atomic E-state index is 11.9. The Balaban J connectivity index is 2.13. The molecule has 21 heavy (non-hydrogen) atoms. The lowest BCUT2D eigenvalue weighted by Gasteiger charge is -2.15. The molecule has 0 aromatic heterocycles. The molecule has 0 aliphatic carbocycles. The van der Waals surface area contributed by atoms with Crippen LogP contribution in [0.3, 0.4) is 0 Å². The summed E-state index contributed by atoms with van der Waals surface area (Å²) in [6, 6.07) is 7.14. The van der Waals surface area contributed by atoms with Gasteiger partial charge in [-0.3, -0.25) is 0 Å². The van der Waals surface area contributed by atoms with Crippen LogP contribution in [0.1, 0.15) is 12.8 Å². The Kier molecular flexibility index (Phi) is 3.90. The molecule has 1 aliphatic heterocycles. The second kappa shape index (κ2) is 5.35. The number of sulfone groups is 1. The van der Waals surface area contributed by atoms with Crippen LogP contribution in [0.2, 0.25) is 0 Å². The molecule has 1 heterocycles. The smallest absolute Gasteiger partial charge is 0.244 e. The molecule has 0 saturated carbocycles. The van der Waals surface area contributed by atoms with E-state index < -0.39 is 38.2 Å². The quantitative estimate of drug-likeness (QED) is 0.471. The van der Waals surface area contributed by atoms with Crippen LogP contribution in [0.4, 0.5) is 0 Å². The molecule has 0 atom stereocenters. The van der Waals surface area contributed by atoms with E-state index in [4.69, 9.17) is 0 Å². The third kappa shape index (κ3) is 2.99. The normalized spacial score (nSPS) is 17.8. The molecule has 112 valence electrons. The number of carbonyl (C=O) groups excluding carboxylic acids is 3. The predicted molar refractivity (Wildman–Crippen MR) is 65.9 cm³/mol. The van der Waals surface area contributed by atoms with Crippen LogP contribution in [0.25, 0.3) is 0 Å². The third-order valence-electron chi connectivity index (χ3n) is 2.87. The molecule has 1 N–H and O–H groups in total. The number of amides is 2. The Morgan fingerprint density at radius 2 is 1.67 bits per heavy atom. The van der Waals surface area contributed by atoms with E-state index >= 15 is 0 Å². The van der Waals surface area contributed by atoms with Gasteiger partial charge in [-0.2, -0.15) is 5.21 Å². The number of quaternary nitrogens is 1. The lowest BCUT2D eigenvalue weighted by atomic mass is 10.4. The first-order valence-electron chi connectivity index (χ1n) is 5.94. The number of nitrogens with zero attached hydrogens (tertiary/aromatic N) is 1. The monoisotopic (exact) mass is 314 g/mol. The Bertz CT molecular complexity index is 680.